The van der Waals surface area contributed by atoms with Gasteiger partial charge in [0.05, 0.1) is 5.69 Å². The van der Waals surface area contributed by atoms with Crippen LogP contribution in [-0.4, -0.2) is 41.5 Å². The smallest absolute Gasteiger partial charge is 0.225 e. The zero-order valence-corrected chi connectivity index (χ0v) is 14.4. The molecule has 1 N–H and O–H groups in total. The minimum atomic E-state index is 0.162. The van der Waals surface area contributed by atoms with E-state index in [1.165, 1.54) is 0 Å². The number of nitrogens with one attached hydrogen (secondary N) is 1. The summed E-state index contributed by atoms with van der Waals surface area (Å²) in [6.45, 7) is 2.70. The van der Waals surface area contributed by atoms with Crippen molar-refractivity contribution in [1.82, 2.24) is 20.3 Å². The normalized spacial score (nSPS) is 19.0. The molecular formula is C18H23N5O. The maximum atomic E-state index is 12.0. The number of nitrogens with zero attached hydrogens (tertiary/aromatic N) is 4. The Morgan fingerprint density at radius 1 is 1.33 bits per heavy atom. The molecule has 1 fully saturated rings. The van der Waals surface area contributed by atoms with Crippen LogP contribution in [0.5, 0.6) is 0 Å². The molecule has 3 rings (SSSR count). The summed E-state index contributed by atoms with van der Waals surface area (Å²) in [6, 6.07) is 3.89. The van der Waals surface area contributed by atoms with Crippen molar-refractivity contribution in [2.24, 2.45) is 11.8 Å². The second-order valence-electron chi connectivity index (χ2n) is 6.52. The Bertz CT molecular complexity index is 717. The van der Waals surface area contributed by atoms with Crippen molar-refractivity contribution in [3.63, 3.8) is 0 Å². The molecule has 0 saturated heterocycles. The van der Waals surface area contributed by atoms with Gasteiger partial charge in [-0.25, -0.2) is 9.97 Å². The fourth-order valence-electron chi connectivity index (χ4n) is 2.71. The summed E-state index contributed by atoms with van der Waals surface area (Å²) in [5.74, 6) is 1.56. The highest BCUT2D eigenvalue weighted by Gasteiger charge is 2.38. The minimum Gasteiger partial charge on any atom is -0.355 e. The first-order chi connectivity index (χ1) is 11.6. The van der Waals surface area contributed by atoms with Crippen molar-refractivity contribution in [2.75, 3.05) is 25.5 Å². The van der Waals surface area contributed by atoms with Crippen LogP contribution >= 0.6 is 0 Å². The summed E-state index contributed by atoms with van der Waals surface area (Å²) < 4.78 is 0. The highest BCUT2D eigenvalue weighted by Crippen LogP contribution is 2.37. The SMILES string of the molecule is C[C@H]1C[C@H]1C(=O)NCCc1nc(N(C)C)ncc1-c1ccncc1. The van der Waals surface area contributed by atoms with Gasteiger partial charge >= 0.3 is 0 Å². The zero-order chi connectivity index (χ0) is 17.1. The molecule has 0 spiro atoms. The van der Waals surface area contributed by atoms with Crippen LogP contribution in [0.3, 0.4) is 0 Å². The van der Waals surface area contributed by atoms with Crippen LogP contribution < -0.4 is 10.2 Å². The quantitative estimate of drug-likeness (QED) is 0.878. The predicted molar refractivity (Wildman–Crippen MR) is 93.6 cm³/mol. The summed E-state index contributed by atoms with van der Waals surface area (Å²) in [4.78, 5) is 27.0. The van der Waals surface area contributed by atoms with E-state index >= 15 is 0 Å². The van der Waals surface area contributed by atoms with Crippen LogP contribution in [0.1, 0.15) is 19.0 Å². The third-order valence-corrected chi connectivity index (χ3v) is 4.35. The Kier molecular flexibility index (Phi) is 4.74. The van der Waals surface area contributed by atoms with E-state index < -0.39 is 0 Å². The van der Waals surface area contributed by atoms with Gasteiger partial charge in [0.15, 0.2) is 0 Å². The zero-order valence-electron chi connectivity index (χ0n) is 14.4. The van der Waals surface area contributed by atoms with Crippen LogP contribution in [0.4, 0.5) is 5.95 Å². The van der Waals surface area contributed by atoms with E-state index in [9.17, 15) is 4.79 Å². The van der Waals surface area contributed by atoms with Crippen LogP contribution in [0.25, 0.3) is 11.1 Å². The lowest BCUT2D eigenvalue weighted by Crippen LogP contribution is -2.28. The van der Waals surface area contributed by atoms with E-state index in [0.717, 1.165) is 23.2 Å². The maximum absolute atomic E-state index is 12.0. The van der Waals surface area contributed by atoms with Gasteiger partial charge in [-0.3, -0.25) is 9.78 Å². The van der Waals surface area contributed by atoms with E-state index in [2.05, 4.69) is 27.2 Å². The van der Waals surface area contributed by atoms with Gasteiger partial charge in [-0.2, -0.15) is 0 Å². The summed E-state index contributed by atoms with van der Waals surface area (Å²) in [6.07, 6.45) is 7.04. The third kappa shape index (κ3) is 3.69. The van der Waals surface area contributed by atoms with Crippen molar-refractivity contribution in [1.29, 1.82) is 0 Å². The Morgan fingerprint density at radius 2 is 2.04 bits per heavy atom. The molecule has 0 radical (unpaired) electrons. The van der Waals surface area contributed by atoms with Gasteiger partial charge in [-0.05, 0) is 30.0 Å². The molecule has 1 aliphatic carbocycles. The van der Waals surface area contributed by atoms with Gasteiger partial charge in [-0.15, -0.1) is 0 Å². The molecule has 6 nitrogen and oxygen atoms in total. The number of rotatable bonds is 6. The lowest BCUT2D eigenvalue weighted by Gasteiger charge is -2.15. The molecule has 2 atom stereocenters. The number of pyridine rings is 1. The number of carbonyl (C=O) groups excluding carboxylic acids is 1. The molecule has 2 aromatic rings. The minimum absolute atomic E-state index is 0.162. The molecule has 1 aliphatic rings. The number of hydrogen-bond donors (Lipinski definition) is 1. The van der Waals surface area contributed by atoms with E-state index in [1.54, 1.807) is 12.4 Å². The van der Waals surface area contributed by atoms with Crippen molar-refractivity contribution in [3.05, 3.63) is 36.4 Å². The second kappa shape index (κ2) is 6.95. The monoisotopic (exact) mass is 325 g/mol. The number of hydrogen-bond acceptors (Lipinski definition) is 5. The summed E-state index contributed by atoms with van der Waals surface area (Å²) in [5, 5.41) is 3.03. The average Bonchev–Trinajstić information content (AvgIpc) is 3.32. The highest BCUT2D eigenvalue weighted by atomic mass is 16.2. The molecule has 126 valence electrons. The molecule has 0 bridgehead atoms. The molecule has 0 aromatic carbocycles. The van der Waals surface area contributed by atoms with Gasteiger partial charge in [0.25, 0.3) is 0 Å². The summed E-state index contributed by atoms with van der Waals surface area (Å²) in [7, 11) is 3.84. The molecule has 1 saturated carbocycles. The van der Waals surface area contributed by atoms with Gasteiger partial charge < -0.3 is 10.2 Å². The standard InChI is InChI=1S/C18H23N5O/c1-12-10-14(12)17(24)20-9-6-16-15(13-4-7-19-8-5-13)11-21-18(22-16)23(2)3/h4-5,7-8,11-12,14H,6,9-10H2,1-3H3,(H,20,24)/t12-,14+/m0/s1. The largest absolute Gasteiger partial charge is 0.355 e. The number of carbonyl (C=O) groups is 1. The molecule has 0 aliphatic heterocycles. The number of amides is 1. The average molecular weight is 325 g/mol. The maximum Gasteiger partial charge on any atom is 0.225 e. The Morgan fingerprint density at radius 3 is 2.67 bits per heavy atom. The van der Waals surface area contributed by atoms with E-state index in [0.29, 0.717) is 24.8 Å². The van der Waals surface area contributed by atoms with Crippen LogP contribution in [0.2, 0.25) is 0 Å². The molecule has 2 heterocycles. The van der Waals surface area contributed by atoms with E-state index in [4.69, 9.17) is 0 Å². The first-order valence-electron chi connectivity index (χ1n) is 8.27. The van der Waals surface area contributed by atoms with Gasteiger partial charge in [0, 0.05) is 57.1 Å². The number of aromatic nitrogens is 3. The first kappa shape index (κ1) is 16.4. The Balaban J connectivity index is 1.75. The second-order valence-corrected chi connectivity index (χ2v) is 6.52. The topological polar surface area (TPSA) is 71.0 Å². The van der Waals surface area contributed by atoms with Crippen LogP contribution in [0.15, 0.2) is 30.7 Å². The van der Waals surface area contributed by atoms with Gasteiger partial charge in [0.1, 0.15) is 0 Å². The van der Waals surface area contributed by atoms with Gasteiger partial charge in [-0.1, -0.05) is 6.92 Å². The molecule has 24 heavy (non-hydrogen) atoms. The molecule has 1 amide bonds. The van der Waals surface area contributed by atoms with Gasteiger partial charge in [0.2, 0.25) is 11.9 Å². The predicted octanol–water partition coefficient (Wildman–Crippen LogP) is 1.92. The van der Waals surface area contributed by atoms with Crippen LogP contribution in [0, 0.1) is 11.8 Å². The van der Waals surface area contributed by atoms with E-state index in [-0.39, 0.29) is 11.8 Å². The highest BCUT2D eigenvalue weighted by molar-refractivity contribution is 5.81. The summed E-state index contributed by atoms with van der Waals surface area (Å²) >= 11 is 0. The number of anilines is 1. The first-order valence-corrected chi connectivity index (χ1v) is 8.27. The molecular weight excluding hydrogens is 302 g/mol. The molecule has 6 heteroatoms. The van der Waals surface area contributed by atoms with Crippen molar-refractivity contribution >= 4 is 11.9 Å². The van der Waals surface area contributed by atoms with Crippen molar-refractivity contribution < 1.29 is 4.79 Å². The fourth-order valence-corrected chi connectivity index (χ4v) is 2.71. The van der Waals surface area contributed by atoms with E-state index in [1.807, 2.05) is 37.3 Å². The molecule has 0 unspecified atom stereocenters. The lowest BCUT2D eigenvalue weighted by atomic mass is 10.1. The Hall–Kier alpha value is -2.50. The fraction of sp³-hybridized carbons (Fsp3) is 0.444. The van der Waals surface area contributed by atoms with Crippen LogP contribution in [-0.2, 0) is 11.2 Å². The molecule has 2 aromatic heterocycles. The third-order valence-electron chi connectivity index (χ3n) is 4.35. The Labute approximate surface area is 142 Å². The summed E-state index contributed by atoms with van der Waals surface area (Å²) in [5.41, 5.74) is 2.95. The van der Waals surface area contributed by atoms with Crippen molar-refractivity contribution in [2.45, 2.75) is 19.8 Å². The lowest BCUT2D eigenvalue weighted by molar-refractivity contribution is -0.122. The van der Waals surface area contributed by atoms with Crippen molar-refractivity contribution in [3.8, 4) is 11.1 Å².